The summed E-state index contributed by atoms with van der Waals surface area (Å²) in [5.41, 5.74) is 1.40. The lowest BCUT2D eigenvalue weighted by molar-refractivity contribution is -0.139. The number of amides is 3. The SMILES string of the molecule is C=CCN(C(=O)C1N(CCCCCO)C(=O)[C@@H]2[C@H](C(=O)N(CC=C)c3ccc(OCC)cc3)[C@@H]3CCC12S3)c1ccc(OC)cc1. The number of hydrogen-bond acceptors (Lipinski definition) is 7. The fourth-order valence-corrected chi connectivity index (χ4v) is 9.61. The molecule has 2 aromatic rings. The summed E-state index contributed by atoms with van der Waals surface area (Å²) in [4.78, 5) is 49.0. The number of hydrogen-bond donors (Lipinski definition) is 1. The third-order valence-electron chi connectivity index (χ3n) is 9.38. The number of ether oxygens (including phenoxy) is 2. The van der Waals surface area contributed by atoms with Gasteiger partial charge in [-0.25, -0.2) is 0 Å². The Morgan fingerprint density at radius 2 is 1.59 bits per heavy atom. The van der Waals surface area contributed by atoms with E-state index in [-0.39, 0.29) is 36.1 Å². The van der Waals surface area contributed by atoms with Crippen molar-refractivity contribution < 1.29 is 29.0 Å². The minimum atomic E-state index is -0.729. The average Bonchev–Trinajstić information content (AvgIpc) is 3.72. The Bertz CT molecular complexity index is 1420. The van der Waals surface area contributed by atoms with Crippen molar-refractivity contribution in [2.45, 2.75) is 55.1 Å². The number of unbranched alkanes of at least 4 members (excludes halogenated alkanes) is 2. The Hall–Kier alpha value is -3.76. The second-order valence-corrected chi connectivity index (χ2v) is 13.6. The largest absolute Gasteiger partial charge is 0.497 e. The summed E-state index contributed by atoms with van der Waals surface area (Å²) in [6, 6.07) is 14.0. The van der Waals surface area contributed by atoms with E-state index in [0.717, 1.165) is 18.6 Å². The van der Waals surface area contributed by atoms with Crippen LogP contribution >= 0.6 is 11.8 Å². The number of thioether (sulfide) groups is 1. The first kappa shape index (κ1) is 33.6. The minimum Gasteiger partial charge on any atom is -0.497 e. The predicted molar refractivity (Wildman–Crippen MR) is 182 cm³/mol. The topological polar surface area (TPSA) is 99.6 Å². The first-order valence-corrected chi connectivity index (χ1v) is 17.0. The third kappa shape index (κ3) is 6.17. The molecule has 3 heterocycles. The van der Waals surface area contributed by atoms with Crippen LogP contribution in [0.1, 0.15) is 39.0 Å². The number of rotatable bonds is 16. The summed E-state index contributed by atoms with van der Waals surface area (Å²) in [5, 5.41) is 9.30. The van der Waals surface area contributed by atoms with Crippen LogP contribution in [0.3, 0.4) is 0 Å². The number of methoxy groups -OCH3 is 1. The second kappa shape index (κ2) is 14.8. The number of nitrogens with zero attached hydrogens (tertiary/aromatic N) is 3. The van der Waals surface area contributed by atoms with Gasteiger partial charge in [0.2, 0.25) is 11.8 Å². The zero-order chi connectivity index (χ0) is 32.8. The summed E-state index contributed by atoms with van der Waals surface area (Å²) in [6.07, 6.45) is 6.84. The molecule has 1 spiro atoms. The maximum absolute atomic E-state index is 14.8. The van der Waals surface area contributed by atoms with Gasteiger partial charge in [0, 0.05) is 42.9 Å². The first-order valence-electron chi connectivity index (χ1n) is 16.2. The Labute approximate surface area is 276 Å². The number of aliphatic hydroxyl groups excluding tert-OH is 1. The normalized spacial score (nSPS) is 24.4. The van der Waals surface area contributed by atoms with Gasteiger partial charge in [0.1, 0.15) is 17.5 Å². The van der Waals surface area contributed by atoms with Gasteiger partial charge in [-0.1, -0.05) is 12.2 Å². The van der Waals surface area contributed by atoms with E-state index in [1.807, 2.05) is 55.5 Å². The van der Waals surface area contributed by atoms with E-state index in [1.54, 1.807) is 45.7 Å². The van der Waals surface area contributed by atoms with Crippen molar-refractivity contribution in [2.75, 3.05) is 49.8 Å². The van der Waals surface area contributed by atoms with Crippen LogP contribution in [0, 0.1) is 11.8 Å². The van der Waals surface area contributed by atoms with E-state index >= 15 is 0 Å². The molecule has 3 aliphatic heterocycles. The molecule has 3 fully saturated rings. The third-order valence-corrected chi connectivity index (χ3v) is 11.3. The molecular weight excluding hydrogens is 602 g/mol. The van der Waals surface area contributed by atoms with E-state index in [0.29, 0.717) is 56.1 Å². The summed E-state index contributed by atoms with van der Waals surface area (Å²) in [6.45, 7) is 11.3. The lowest BCUT2D eigenvalue weighted by Crippen LogP contribution is -2.55. The van der Waals surface area contributed by atoms with Crippen LogP contribution in [0.15, 0.2) is 73.8 Å². The van der Waals surface area contributed by atoms with Crippen LogP contribution in [0.25, 0.3) is 0 Å². The minimum absolute atomic E-state index is 0.0721. The van der Waals surface area contributed by atoms with Gasteiger partial charge in [0.25, 0.3) is 5.91 Å². The highest BCUT2D eigenvalue weighted by Gasteiger charge is 2.74. The molecule has 10 heteroatoms. The van der Waals surface area contributed by atoms with Gasteiger partial charge in [0.15, 0.2) is 0 Å². The van der Waals surface area contributed by atoms with E-state index in [2.05, 4.69) is 13.2 Å². The molecule has 1 N–H and O–H groups in total. The molecule has 3 aliphatic rings. The van der Waals surface area contributed by atoms with E-state index in [9.17, 15) is 19.5 Å². The highest BCUT2D eigenvalue weighted by molar-refractivity contribution is 8.02. The molecule has 0 saturated carbocycles. The number of carbonyl (C=O) groups excluding carboxylic acids is 3. The lowest BCUT2D eigenvalue weighted by Gasteiger charge is -2.37. The van der Waals surface area contributed by atoms with Gasteiger partial charge in [-0.15, -0.1) is 24.9 Å². The van der Waals surface area contributed by atoms with Crippen LogP contribution in [0.4, 0.5) is 11.4 Å². The van der Waals surface area contributed by atoms with Crippen LogP contribution in [0.5, 0.6) is 11.5 Å². The average molecular weight is 648 g/mol. The molecule has 9 nitrogen and oxygen atoms in total. The quantitative estimate of drug-likeness (QED) is 0.200. The van der Waals surface area contributed by atoms with Crippen molar-refractivity contribution in [1.29, 1.82) is 0 Å². The molecule has 3 saturated heterocycles. The Morgan fingerprint density at radius 3 is 2.15 bits per heavy atom. The van der Waals surface area contributed by atoms with Crippen molar-refractivity contribution in [3.63, 3.8) is 0 Å². The summed E-state index contributed by atoms with van der Waals surface area (Å²) in [7, 11) is 1.59. The van der Waals surface area contributed by atoms with Gasteiger partial charge in [-0.3, -0.25) is 14.4 Å². The number of likely N-dealkylation sites (tertiary alicyclic amines) is 1. The maximum Gasteiger partial charge on any atom is 0.251 e. The molecular formula is C36H45N3O6S. The van der Waals surface area contributed by atoms with Gasteiger partial charge in [-0.2, -0.15) is 0 Å². The van der Waals surface area contributed by atoms with Gasteiger partial charge >= 0.3 is 0 Å². The molecule has 0 radical (unpaired) electrons. The van der Waals surface area contributed by atoms with Crippen molar-refractivity contribution in [2.24, 2.45) is 11.8 Å². The summed E-state index contributed by atoms with van der Waals surface area (Å²) < 4.78 is 10.2. The first-order chi connectivity index (χ1) is 22.3. The van der Waals surface area contributed by atoms with Crippen LogP contribution < -0.4 is 19.3 Å². The smallest absolute Gasteiger partial charge is 0.251 e. The van der Waals surface area contributed by atoms with Gasteiger partial charge in [0.05, 0.1) is 30.3 Å². The fourth-order valence-electron chi connectivity index (χ4n) is 7.41. The molecule has 0 aromatic heterocycles. The molecule has 5 rings (SSSR count). The molecule has 246 valence electrons. The fraction of sp³-hybridized carbons (Fsp3) is 0.472. The van der Waals surface area contributed by atoms with E-state index in [4.69, 9.17) is 9.47 Å². The van der Waals surface area contributed by atoms with Crippen molar-refractivity contribution >= 4 is 40.9 Å². The second-order valence-electron chi connectivity index (χ2n) is 12.0. The molecule has 2 bridgehead atoms. The molecule has 46 heavy (non-hydrogen) atoms. The van der Waals surface area contributed by atoms with Crippen molar-refractivity contribution in [3.05, 3.63) is 73.8 Å². The van der Waals surface area contributed by atoms with Crippen molar-refractivity contribution in [1.82, 2.24) is 4.90 Å². The predicted octanol–water partition coefficient (Wildman–Crippen LogP) is 5.09. The molecule has 0 aliphatic carbocycles. The Balaban J connectivity index is 1.51. The van der Waals surface area contributed by atoms with E-state index < -0.39 is 22.6 Å². The Morgan fingerprint density at radius 1 is 0.978 bits per heavy atom. The number of fused-ring (bicyclic) bond motifs is 1. The molecule has 2 aromatic carbocycles. The molecule has 2 unspecified atom stereocenters. The Kier molecular flexibility index (Phi) is 10.8. The monoisotopic (exact) mass is 647 g/mol. The molecule has 5 atom stereocenters. The van der Waals surface area contributed by atoms with Crippen LogP contribution in [0.2, 0.25) is 0 Å². The van der Waals surface area contributed by atoms with E-state index in [1.165, 1.54) is 0 Å². The van der Waals surface area contributed by atoms with Crippen LogP contribution in [-0.4, -0.2) is 83.7 Å². The summed E-state index contributed by atoms with van der Waals surface area (Å²) >= 11 is 1.66. The number of carbonyl (C=O) groups is 3. The van der Waals surface area contributed by atoms with Gasteiger partial charge in [-0.05, 0) is 87.6 Å². The number of anilines is 2. The lowest BCUT2D eigenvalue weighted by atomic mass is 9.70. The zero-order valence-electron chi connectivity index (χ0n) is 26.8. The number of benzene rings is 2. The summed E-state index contributed by atoms with van der Waals surface area (Å²) in [5.74, 6) is -0.202. The van der Waals surface area contributed by atoms with Crippen molar-refractivity contribution in [3.8, 4) is 11.5 Å². The van der Waals surface area contributed by atoms with Crippen LogP contribution in [-0.2, 0) is 14.4 Å². The van der Waals surface area contributed by atoms with Gasteiger partial charge < -0.3 is 29.3 Å². The molecule has 3 amide bonds. The number of aliphatic hydroxyl groups is 1. The maximum atomic E-state index is 14.8. The zero-order valence-corrected chi connectivity index (χ0v) is 27.6. The highest BCUT2D eigenvalue weighted by atomic mass is 32.2. The standard InChI is InChI=1S/C36H45N3O6S/c1-5-21-37(25-13-17-28(18-14-25)45-7-3)33(41)30-29-19-20-36(46-29)31(30)34(42)39(23-9-8-10-24-40)32(36)35(43)38(22-6-2)26-11-15-27(44-4)16-12-26/h5-6,11-18,29-32,40H,1-2,7-10,19-24H2,3-4H3/t29-,30+,31-,32?,36?/m0/s1. The highest BCUT2D eigenvalue weighted by Crippen LogP contribution is 2.67.